The number of β-amino-alcohol motifs (C(OH)–C–C–N with tert-alkyl or cyclic N) is 1. The van der Waals surface area contributed by atoms with Crippen LogP contribution in [0.4, 0.5) is 4.79 Å². The van der Waals surface area contributed by atoms with Crippen molar-refractivity contribution in [3.05, 3.63) is 0 Å². The number of amides is 2. The van der Waals surface area contributed by atoms with Gasteiger partial charge in [-0.1, -0.05) is 0 Å². The van der Waals surface area contributed by atoms with Crippen LogP contribution in [0.1, 0.15) is 32.6 Å². The zero-order valence-electron chi connectivity index (χ0n) is 11.7. The van der Waals surface area contributed by atoms with E-state index in [-0.39, 0.29) is 18.0 Å². The van der Waals surface area contributed by atoms with E-state index in [1.54, 1.807) is 11.8 Å². The first-order chi connectivity index (χ1) is 9.37. The molecule has 2 amide bonds. The molecule has 3 fully saturated rings. The molecule has 2 aliphatic carbocycles. The minimum absolute atomic E-state index is 0.212. The van der Waals surface area contributed by atoms with Crippen molar-refractivity contribution < 1.29 is 19.8 Å². The fourth-order valence-corrected chi connectivity index (χ4v) is 4.21. The molecular weight excluding hydrogens is 260 g/mol. The van der Waals surface area contributed by atoms with E-state index in [1.807, 2.05) is 0 Å². The predicted molar refractivity (Wildman–Crippen MR) is 71.1 cm³/mol. The van der Waals surface area contributed by atoms with Gasteiger partial charge in [-0.05, 0) is 44.4 Å². The highest BCUT2D eigenvalue weighted by atomic mass is 16.4. The van der Waals surface area contributed by atoms with Crippen LogP contribution in [0, 0.1) is 17.8 Å². The molecule has 0 aromatic rings. The molecule has 5 unspecified atom stereocenters. The van der Waals surface area contributed by atoms with Crippen LogP contribution in [0.3, 0.4) is 0 Å². The molecule has 3 aliphatic rings. The summed E-state index contributed by atoms with van der Waals surface area (Å²) in [5.41, 5.74) is -0.821. The lowest BCUT2D eigenvalue weighted by Crippen LogP contribution is -2.51. The predicted octanol–water partition coefficient (Wildman–Crippen LogP) is 0.652. The van der Waals surface area contributed by atoms with Crippen LogP contribution in [0.2, 0.25) is 0 Å². The SMILES string of the molecule is CC1(O)CCN(C(=O)NC2C3CCC(C3)C2C(=O)O)C1. The summed E-state index contributed by atoms with van der Waals surface area (Å²) in [4.78, 5) is 25.2. The number of hydrogen-bond acceptors (Lipinski definition) is 3. The number of carbonyl (C=O) groups excluding carboxylic acids is 1. The molecule has 1 aliphatic heterocycles. The van der Waals surface area contributed by atoms with Crippen molar-refractivity contribution in [2.24, 2.45) is 17.8 Å². The summed E-state index contributed by atoms with van der Waals surface area (Å²) in [6.45, 7) is 2.56. The number of aliphatic hydroxyl groups is 1. The highest BCUT2D eigenvalue weighted by molar-refractivity contribution is 5.78. The van der Waals surface area contributed by atoms with Gasteiger partial charge in [0, 0.05) is 12.6 Å². The number of hydrogen-bond donors (Lipinski definition) is 3. The highest BCUT2D eigenvalue weighted by Crippen LogP contribution is 2.48. The first-order valence-electron chi connectivity index (χ1n) is 7.38. The van der Waals surface area contributed by atoms with Gasteiger partial charge in [0.2, 0.25) is 0 Å². The lowest BCUT2D eigenvalue weighted by molar-refractivity contribution is -0.144. The average Bonchev–Trinajstić information content (AvgIpc) is 3.02. The van der Waals surface area contributed by atoms with Crippen LogP contribution in [0.25, 0.3) is 0 Å². The number of nitrogens with one attached hydrogen (secondary N) is 1. The fourth-order valence-electron chi connectivity index (χ4n) is 4.21. The molecule has 20 heavy (non-hydrogen) atoms. The van der Waals surface area contributed by atoms with E-state index in [4.69, 9.17) is 0 Å². The third kappa shape index (κ3) is 2.26. The zero-order chi connectivity index (χ0) is 14.5. The van der Waals surface area contributed by atoms with E-state index in [0.29, 0.717) is 25.4 Å². The molecule has 0 radical (unpaired) electrons. The topological polar surface area (TPSA) is 89.9 Å². The largest absolute Gasteiger partial charge is 0.481 e. The lowest BCUT2D eigenvalue weighted by atomic mass is 9.84. The van der Waals surface area contributed by atoms with E-state index in [0.717, 1.165) is 19.3 Å². The molecule has 6 heteroatoms. The molecule has 3 N–H and O–H groups in total. The summed E-state index contributed by atoms with van der Waals surface area (Å²) in [5, 5.41) is 22.2. The van der Waals surface area contributed by atoms with Gasteiger partial charge in [0.25, 0.3) is 0 Å². The second kappa shape index (κ2) is 4.62. The number of rotatable bonds is 2. The number of fused-ring (bicyclic) bond motifs is 2. The minimum atomic E-state index is -0.821. The average molecular weight is 282 g/mol. The number of carbonyl (C=O) groups is 2. The summed E-state index contributed by atoms with van der Waals surface area (Å²) in [6, 6.07) is -0.476. The molecule has 0 aromatic carbocycles. The van der Waals surface area contributed by atoms with Gasteiger partial charge in [0.1, 0.15) is 0 Å². The van der Waals surface area contributed by atoms with Crippen LogP contribution in [0.15, 0.2) is 0 Å². The van der Waals surface area contributed by atoms with Gasteiger partial charge in [-0.2, -0.15) is 0 Å². The Bertz CT molecular complexity index is 437. The van der Waals surface area contributed by atoms with Gasteiger partial charge in [0.15, 0.2) is 0 Å². The smallest absolute Gasteiger partial charge is 0.317 e. The summed E-state index contributed by atoms with van der Waals surface area (Å²) in [5.74, 6) is -0.727. The van der Waals surface area contributed by atoms with Crippen molar-refractivity contribution in [3.63, 3.8) is 0 Å². The molecule has 2 saturated carbocycles. The number of likely N-dealkylation sites (tertiary alicyclic amines) is 1. The molecule has 6 nitrogen and oxygen atoms in total. The van der Waals surface area contributed by atoms with Gasteiger partial charge in [0.05, 0.1) is 18.1 Å². The molecule has 0 spiro atoms. The molecule has 2 bridgehead atoms. The van der Waals surface area contributed by atoms with E-state index >= 15 is 0 Å². The van der Waals surface area contributed by atoms with E-state index in [9.17, 15) is 19.8 Å². The molecule has 112 valence electrons. The molecule has 5 atom stereocenters. The Morgan fingerprint density at radius 2 is 2.00 bits per heavy atom. The first kappa shape index (κ1) is 13.7. The van der Waals surface area contributed by atoms with E-state index in [1.165, 1.54) is 0 Å². The molecular formula is C14H22N2O4. The van der Waals surface area contributed by atoms with Crippen LogP contribution in [-0.2, 0) is 4.79 Å². The molecule has 0 aromatic heterocycles. The van der Waals surface area contributed by atoms with Crippen molar-refractivity contribution in [1.82, 2.24) is 10.2 Å². The Balaban J connectivity index is 1.65. The number of nitrogens with zero attached hydrogens (tertiary/aromatic N) is 1. The maximum atomic E-state index is 12.2. The summed E-state index contributed by atoms with van der Waals surface area (Å²) in [7, 11) is 0. The second-order valence-electron chi connectivity index (χ2n) is 6.84. The Morgan fingerprint density at radius 3 is 2.60 bits per heavy atom. The van der Waals surface area contributed by atoms with Crippen LogP contribution in [-0.4, -0.2) is 51.8 Å². The van der Waals surface area contributed by atoms with Crippen LogP contribution in [0.5, 0.6) is 0 Å². The normalized spacial score (nSPS) is 43.0. The highest BCUT2D eigenvalue weighted by Gasteiger charge is 2.52. The van der Waals surface area contributed by atoms with Gasteiger partial charge >= 0.3 is 12.0 Å². The van der Waals surface area contributed by atoms with Crippen molar-refractivity contribution in [2.45, 2.75) is 44.2 Å². The Kier molecular flexibility index (Phi) is 3.16. The van der Waals surface area contributed by atoms with Gasteiger partial charge in [-0.3, -0.25) is 4.79 Å². The Morgan fingerprint density at radius 1 is 1.30 bits per heavy atom. The minimum Gasteiger partial charge on any atom is -0.481 e. The van der Waals surface area contributed by atoms with Gasteiger partial charge in [-0.15, -0.1) is 0 Å². The van der Waals surface area contributed by atoms with Crippen molar-refractivity contribution in [2.75, 3.05) is 13.1 Å². The monoisotopic (exact) mass is 282 g/mol. The van der Waals surface area contributed by atoms with Gasteiger partial charge < -0.3 is 20.4 Å². The first-order valence-corrected chi connectivity index (χ1v) is 7.38. The van der Waals surface area contributed by atoms with Crippen molar-refractivity contribution in [3.8, 4) is 0 Å². The maximum Gasteiger partial charge on any atom is 0.317 e. The maximum absolute atomic E-state index is 12.2. The standard InChI is InChI=1S/C14H22N2O4/c1-14(20)4-5-16(7-14)13(19)15-11-9-3-2-8(6-9)10(11)12(17)18/h8-11,20H,2-7H2,1H3,(H,15,19)(H,17,18). The molecule has 3 rings (SSSR count). The second-order valence-corrected chi connectivity index (χ2v) is 6.84. The number of carboxylic acid groups (broad SMARTS) is 1. The quantitative estimate of drug-likeness (QED) is 0.694. The number of aliphatic carboxylic acids is 1. The van der Waals surface area contributed by atoms with Crippen molar-refractivity contribution in [1.29, 1.82) is 0 Å². The van der Waals surface area contributed by atoms with Crippen molar-refractivity contribution >= 4 is 12.0 Å². The third-order valence-electron chi connectivity index (χ3n) is 5.23. The summed E-state index contributed by atoms with van der Waals surface area (Å²) >= 11 is 0. The lowest BCUT2D eigenvalue weighted by Gasteiger charge is -2.30. The zero-order valence-corrected chi connectivity index (χ0v) is 11.7. The fraction of sp³-hybridized carbons (Fsp3) is 0.857. The number of carboxylic acids is 1. The van der Waals surface area contributed by atoms with Gasteiger partial charge in [-0.25, -0.2) is 4.79 Å². The molecule has 1 saturated heterocycles. The van der Waals surface area contributed by atoms with E-state index < -0.39 is 17.5 Å². The Labute approximate surface area is 118 Å². The summed E-state index contributed by atoms with van der Waals surface area (Å²) in [6.07, 6.45) is 3.46. The van der Waals surface area contributed by atoms with E-state index in [2.05, 4.69) is 5.32 Å². The van der Waals surface area contributed by atoms with Crippen LogP contribution >= 0.6 is 0 Å². The van der Waals surface area contributed by atoms with Crippen LogP contribution < -0.4 is 5.32 Å². The summed E-state index contributed by atoms with van der Waals surface area (Å²) < 4.78 is 0. The molecule has 1 heterocycles. The number of urea groups is 1. The Hall–Kier alpha value is -1.30. The third-order valence-corrected chi connectivity index (χ3v) is 5.23.